The summed E-state index contributed by atoms with van der Waals surface area (Å²) in [5.74, 6) is 1.52. The molecule has 3 rings (SSSR count). The molecule has 1 aliphatic heterocycles. The third kappa shape index (κ3) is 2.52. The first kappa shape index (κ1) is 13.4. The molecule has 5 nitrogen and oxygen atoms in total. The molecule has 0 atom stereocenters. The van der Waals surface area contributed by atoms with Crippen LogP contribution < -0.4 is 16.0 Å². The van der Waals surface area contributed by atoms with Gasteiger partial charge in [-0.15, -0.1) is 12.4 Å². The Labute approximate surface area is 114 Å². The molecule has 0 unspecified atom stereocenters. The summed E-state index contributed by atoms with van der Waals surface area (Å²) >= 11 is 0. The normalized spacial score (nSPS) is 19.0. The van der Waals surface area contributed by atoms with Gasteiger partial charge >= 0.3 is 0 Å². The van der Waals surface area contributed by atoms with E-state index in [-0.39, 0.29) is 12.4 Å². The summed E-state index contributed by atoms with van der Waals surface area (Å²) in [5, 5.41) is 3.33. The fourth-order valence-electron chi connectivity index (χ4n) is 2.62. The van der Waals surface area contributed by atoms with Crippen molar-refractivity contribution in [3.63, 3.8) is 0 Å². The number of halogens is 1. The number of rotatable bonds is 1. The zero-order chi connectivity index (χ0) is 11.7. The van der Waals surface area contributed by atoms with E-state index in [9.17, 15) is 0 Å². The van der Waals surface area contributed by atoms with E-state index in [0.29, 0.717) is 5.82 Å². The Morgan fingerprint density at radius 3 is 2.56 bits per heavy atom. The molecule has 6 heteroatoms. The number of nitrogens with zero attached hydrogens (tertiary/aromatic N) is 3. The molecule has 3 N–H and O–H groups in total. The highest BCUT2D eigenvalue weighted by Crippen LogP contribution is 2.25. The number of aromatic nitrogens is 2. The second-order valence-corrected chi connectivity index (χ2v) is 4.78. The smallest absolute Gasteiger partial charge is 0.227 e. The zero-order valence-corrected chi connectivity index (χ0v) is 11.3. The average molecular weight is 270 g/mol. The quantitative estimate of drug-likeness (QED) is 0.788. The predicted octanol–water partition coefficient (Wildman–Crippen LogP) is 0.769. The fraction of sp³-hybridized carbons (Fsp3) is 0.667. The molecule has 1 saturated heterocycles. The number of nitrogens with two attached hydrogens (primary N) is 1. The lowest BCUT2D eigenvalue weighted by Gasteiger charge is -2.28. The molecule has 0 bridgehead atoms. The van der Waals surface area contributed by atoms with Crippen LogP contribution in [0, 0.1) is 0 Å². The molecule has 18 heavy (non-hydrogen) atoms. The Morgan fingerprint density at radius 1 is 1.06 bits per heavy atom. The molecule has 0 radical (unpaired) electrons. The van der Waals surface area contributed by atoms with Crippen LogP contribution in [0.5, 0.6) is 0 Å². The molecule has 1 aromatic heterocycles. The van der Waals surface area contributed by atoms with Gasteiger partial charge in [-0.25, -0.2) is 4.98 Å². The molecule has 2 aliphatic rings. The van der Waals surface area contributed by atoms with Crippen LogP contribution in [0.1, 0.15) is 24.1 Å². The first-order chi connectivity index (χ1) is 8.34. The van der Waals surface area contributed by atoms with Gasteiger partial charge < -0.3 is 16.0 Å². The number of hydrogen-bond acceptors (Lipinski definition) is 5. The van der Waals surface area contributed by atoms with Gasteiger partial charge in [0, 0.05) is 31.7 Å². The van der Waals surface area contributed by atoms with Crippen LogP contribution in [0.25, 0.3) is 0 Å². The maximum Gasteiger partial charge on any atom is 0.227 e. The van der Waals surface area contributed by atoms with Crippen molar-refractivity contribution in [3.8, 4) is 0 Å². The number of aryl methyl sites for hydroxylation is 1. The second kappa shape index (κ2) is 5.71. The summed E-state index contributed by atoms with van der Waals surface area (Å²) < 4.78 is 0. The van der Waals surface area contributed by atoms with Crippen molar-refractivity contribution in [2.24, 2.45) is 0 Å². The van der Waals surface area contributed by atoms with Crippen molar-refractivity contribution in [2.45, 2.75) is 25.7 Å². The van der Waals surface area contributed by atoms with Gasteiger partial charge in [0.15, 0.2) is 0 Å². The lowest BCUT2D eigenvalue weighted by molar-refractivity contribution is 0.576. The average Bonchev–Trinajstić information content (AvgIpc) is 2.40. The van der Waals surface area contributed by atoms with Crippen LogP contribution in [-0.4, -0.2) is 36.1 Å². The van der Waals surface area contributed by atoms with Gasteiger partial charge in [0.25, 0.3) is 0 Å². The lowest BCUT2D eigenvalue weighted by atomic mass is 9.96. The third-order valence-electron chi connectivity index (χ3n) is 3.60. The molecule has 0 amide bonds. The van der Waals surface area contributed by atoms with E-state index in [0.717, 1.165) is 45.0 Å². The van der Waals surface area contributed by atoms with Gasteiger partial charge in [0.05, 0.1) is 5.69 Å². The molecule has 100 valence electrons. The van der Waals surface area contributed by atoms with Crippen molar-refractivity contribution in [3.05, 3.63) is 11.3 Å². The molecule has 2 heterocycles. The molecule has 0 aromatic carbocycles. The molecule has 1 aromatic rings. The van der Waals surface area contributed by atoms with Gasteiger partial charge in [-0.3, -0.25) is 0 Å². The SMILES string of the molecule is Cl.Nc1nc(N2CCNCC2)nc2c1CCCC2. The summed E-state index contributed by atoms with van der Waals surface area (Å²) in [6, 6.07) is 0. The predicted molar refractivity (Wildman–Crippen MR) is 75.4 cm³/mol. The Hall–Kier alpha value is -1.07. The summed E-state index contributed by atoms with van der Waals surface area (Å²) in [4.78, 5) is 11.4. The van der Waals surface area contributed by atoms with Gasteiger partial charge in [0.1, 0.15) is 5.82 Å². The summed E-state index contributed by atoms with van der Waals surface area (Å²) in [5.41, 5.74) is 8.42. The van der Waals surface area contributed by atoms with E-state index < -0.39 is 0 Å². The molecule has 1 aliphatic carbocycles. The zero-order valence-electron chi connectivity index (χ0n) is 10.5. The van der Waals surface area contributed by atoms with Crippen molar-refractivity contribution in [1.29, 1.82) is 0 Å². The van der Waals surface area contributed by atoms with Crippen molar-refractivity contribution < 1.29 is 0 Å². The van der Waals surface area contributed by atoms with E-state index >= 15 is 0 Å². The number of anilines is 2. The number of nitrogens with one attached hydrogen (secondary N) is 1. The van der Waals surface area contributed by atoms with Crippen LogP contribution in [0.15, 0.2) is 0 Å². The topological polar surface area (TPSA) is 67.1 Å². The van der Waals surface area contributed by atoms with Gasteiger partial charge in [-0.1, -0.05) is 0 Å². The van der Waals surface area contributed by atoms with Crippen molar-refractivity contribution >= 4 is 24.2 Å². The summed E-state index contributed by atoms with van der Waals surface area (Å²) in [6.07, 6.45) is 4.54. The minimum Gasteiger partial charge on any atom is -0.383 e. The standard InChI is InChI=1S/C12H19N5.ClH/c13-11-9-3-1-2-4-10(9)15-12(16-11)17-7-5-14-6-8-17;/h14H,1-8H2,(H2,13,15,16);1H. The van der Waals surface area contributed by atoms with Crippen LogP contribution in [0.3, 0.4) is 0 Å². The van der Waals surface area contributed by atoms with Gasteiger partial charge in [-0.2, -0.15) is 4.98 Å². The van der Waals surface area contributed by atoms with Crippen LogP contribution in [0.2, 0.25) is 0 Å². The van der Waals surface area contributed by atoms with E-state index in [1.807, 2.05) is 0 Å². The maximum atomic E-state index is 6.06. The van der Waals surface area contributed by atoms with E-state index in [4.69, 9.17) is 10.7 Å². The minimum atomic E-state index is 0. The van der Waals surface area contributed by atoms with Crippen molar-refractivity contribution in [2.75, 3.05) is 36.8 Å². The van der Waals surface area contributed by atoms with Crippen LogP contribution >= 0.6 is 12.4 Å². The van der Waals surface area contributed by atoms with E-state index in [2.05, 4.69) is 15.2 Å². The highest BCUT2D eigenvalue weighted by Gasteiger charge is 2.19. The highest BCUT2D eigenvalue weighted by atomic mass is 35.5. The Balaban J connectivity index is 0.00000120. The third-order valence-corrected chi connectivity index (χ3v) is 3.60. The number of piperazine rings is 1. The Bertz CT molecular complexity index is 417. The number of hydrogen-bond donors (Lipinski definition) is 2. The van der Waals surface area contributed by atoms with Gasteiger partial charge in [-0.05, 0) is 25.7 Å². The minimum absolute atomic E-state index is 0. The van der Waals surface area contributed by atoms with Crippen LogP contribution in [-0.2, 0) is 12.8 Å². The van der Waals surface area contributed by atoms with Crippen molar-refractivity contribution in [1.82, 2.24) is 15.3 Å². The summed E-state index contributed by atoms with van der Waals surface area (Å²) in [6.45, 7) is 3.94. The Kier molecular flexibility index (Phi) is 4.24. The fourth-order valence-corrected chi connectivity index (χ4v) is 2.62. The Morgan fingerprint density at radius 2 is 1.78 bits per heavy atom. The molecular formula is C12H20ClN5. The highest BCUT2D eigenvalue weighted by molar-refractivity contribution is 5.85. The second-order valence-electron chi connectivity index (χ2n) is 4.78. The molecule has 0 spiro atoms. The molecule has 0 saturated carbocycles. The molecular weight excluding hydrogens is 250 g/mol. The number of nitrogen functional groups attached to an aromatic ring is 1. The maximum absolute atomic E-state index is 6.06. The van der Waals surface area contributed by atoms with E-state index in [1.165, 1.54) is 24.1 Å². The monoisotopic (exact) mass is 269 g/mol. The van der Waals surface area contributed by atoms with E-state index in [1.54, 1.807) is 0 Å². The first-order valence-corrected chi connectivity index (χ1v) is 6.45. The van der Waals surface area contributed by atoms with Gasteiger partial charge in [0.2, 0.25) is 5.95 Å². The summed E-state index contributed by atoms with van der Waals surface area (Å²) in [7, 11) is 0. The van der Waals surface area contributed by atoms with Crippen LogP contribution in [0.4, 0.5) is 11.8 Å². The number of fused-ring (bicyclic) bond motifs is 1. The first-order valence-electron chi connectivity index (χ1n) is 6.45. The largest absolute Gasteiger partial charge is 0.383 e. The molecule has 1 fully saturated rings. The lowest BCUT2D eigenvalue weighted by Crippen LogP contribution is -2.44.